The fourth-order valence-corrected chi connectivity index (χ4v) is 3.36. The lowest BCUT2D eigenvalue weighted by Gasteiger charge is -2.39. The van der Waals surface area contributed by atoms with Crippen LogP contribution in [0.25, 0.3) is 0 Å². The van der Waals surface area contributed by atoms with Gasteiger partial charge in [0.1, 0.15) is 0 Å². The molecule has 2 unspecified atom stereocenters. The van der Waals surface area contributed by atoms with Crippen molar-refractivity contribution in [1.82, 2.24) is 10.2 Å². The summed E-state index contributed by atoms with van der Waals surface area (Å²) < 4.78 is 0. The van der Waals surface area contributed by atoms with Gasteiger partial charge < -0.3 is 10.2 Å². The quantitative estimate of drug-likeness (QED) is 0.769. The fourth-order valence-electron chi connectivity index (χ4n) is 3.36. The molecule has 0 amide bonds. The van der Waals surface area contributed by atoms with Gasteiger partial charge in [0.15, 0.2) is 0 Å². The number of likely N-dealkylation sites (tertiary alicyclic amines) is 1. The summed E-state index contributed by atoms with van der Waals surface area (Å²) in [7, 11) is 0. The Morgan fingerprint density at radius 2 is 2.20 bits per heavy atom. The van der Waals surface area contributed by atoms with E-state index >= 15 is 0 Å². The zero-order valence-corrected chi connectivity index (χ0v) is 10.4. The van der Waals surface area contributed by atoms with Gasteiger partial charge in [-0.25, -0.2) is 0 Å². The van der Waals surface area contributed by atoms with E-state index in [2.05, 4.69) is 24.1 Å². The van der Waals surface area contributed by atoms with Crippen LogP contribution in [0.4, 0.5) is 0 Å². The Labute approximate surface area is 94.4 Å². The highest BCUT2D eigenvalue weighted by atomic mass is 15.2. The molecule has 2 rings (SSSR count). The van der Waals surface area contributed by atoms with E-state index in [0.29, 0.717) is 5.54 Å². The molecule has 2 aliphatic heterocycles. The number of nitrogens with zero attached hydrogens (tertiary/aromatic N) is 1. The third kappa shape index (κ3) is 2.73. The molecule has 2 nitrogen and oxygen atoms in total. The average molecular weight is 210 g/mol. The largest absolute Gasteiger partial charge is 0.311 e. The van der Waals surface area contributed by atoms with Crippen molar-refractivity contribution in [2.45, 2.75) is 64.0 Å². The van der Waals surface area contributed by atoms with Gasteiger partial charge in [-0.3, -0.25) is 0 Å². The van der Waals surface area contributed by atoms with Gasteiger partial charge in [-0.2, -0.15) is 0 Å². The first-order valence-electron chi connectivity index (χ1n) is 6.72. The summed E-state index contributed by atoms with van der Waals surface area (Å²) in [6.07, 6.45) is 8.38. The predicted molar refractivity (Wildman–Crippen MR) is 65.1 cm³/mol. The van der Waals surface area contributed by atoms with E-state index in [1.54, 1.807) is 0 Å². The topological polar surface area (TPSA) is 15.3 Å². The predicted octanol–water partition coefficient (Wildman–Crippen LogP) is 2.39. The van der Waals surface area contributed by atoms with Gasteiger partial charge in [0.05, 0.1) is 0 Å². The van der Waals surface area contributed by atoms with E-state index in [4.69, 9.17) is 0 Å². The summed E-state index contributed by atoms with van der Waals surface area (Å²) in [6, 6.07) is 0.847. The lowest BCUT2D eigenvalue weighted by molar-refractivity contribution is 0.122. The lowest BCUT2D eigenvalue weighted by atomic mass is 9.87. The normalized spacial score (nSPS) is 38.4. The Morgan fingerprint density at radius 3 is 2.87 bits per heavy atom. The number of hydrogen-bond donors (Lipinski definition) is 1. The molecule has 0 aliphatic carbocycles. The van der Waals surface area contributed by atoms with Crippen LogP contribution in [0, 0.1) is 0 Å². The Balaban J connectivity index is 1.90. The van der Waals surface area contributed by atoms with Crippen LogP contribution in [-0.2, 0) is 0 Å². The number of hydrogen-bond acceptors (Lipinski definition) is 2. The summed E-state index contributed by atoms with van der Waals surface area (Å²) in [4.78, 5) is 2.69. The minimum Gasteiger partial charge on any atom is -0.311 e. The fraction of sp³-hybridized carbons (Fsp3) is 1.00. The molecule has 2 heterocycles. The molecule has 15 heavy (non-hydrogen) atoms. The average Bonchev–Trinajstić information content (AvgIpc) is 2.66. The van der Waals surface area contributed by atoms with Crippen LogP contribution >= 0.6 is 0 Å². The van der Waals surface area contributed by atoms with E-state index in [0.717, 1.165) is 6.04 Å². The van der Waals surface area contributed by atoms with E-state index in [1.807, 2.05) is 0 Å². The molecule has 0 bridgehead atoms. The molecule has 0 aromatic heterocycles. The molecule has 2 atom stereocenters. The van der Waals surface area contributed by atoms with Crippen LogP contribution in [0.15, 0.2) is 0 Å². The van der Waals surface area contributed by atoms with Crippen LogP contribution in [0.2, 0.25) is 0 Å². The Morgan fingerprint density at radius 1 is 1.33 bits per heavy atom. The highest BCUT2D eigenvalue weighted by Crippen LogP contribution is 2.29. The van der Waals surface area contributed by atoms with Crippen LogP contribution in [0.5, 0.6) is 0 Å². The van der Waals surface area contributed by atoms with Crippen molar-refractivity contribution in [3.8, 4) is 0 Å². The van der Waals surface area contributed by atoms with Gasteiger partial charge in [0.2, 0.25) is 0 Å². The van der Waals surface area contributed by atoms with E-state index < -0.39 is 0 Å². The molecule has 0 saturated carbocycles. The van der Waals surface area contributed by atoms with E-state index in [9.17, 15) is 0 Å². The smallest absolute Gasteiger partial charge is 0.0168 e. The first-order chi connectivity index (χ1) is 7.23. The number of rotatable bonds is 3. The van der Waals surface area contributed by atoms with Crippen LogP contribution in [0.1, 0.15) is 52.4 Å². The van der Waals surface area contributed by atoms with E-state index in [1.165, 1.54) is 58.2 Å². The zero-order valence-electron chi connectivity index (χ0n) is 10.4. The maximum Gasteiger partial charge on any atom is 0.0168 e. The van der Waals surface area contributed by atoms with Crippen molar-refractivity contribution in [1.29, 1.82) is 0 Å². The van der Waals surface area contributed by atoms with Crippen LogP contribution in [-0.4, -0.2) is 36.1 Å². The second-order valence-electron chi connectivity index (χ2n) is 5.57. The van der Waals surface area contributed by atoms with Gasteiger partial charge in [-0.1, -0.05) is 13.3 Å². The Bertz CT molecular complexity index is 197. The molecule has 2 heteroatoms. The summed E-state index contributed by atoms with van der Waals surface area (Å²) in [5, 5.41) is 3.70. The van der Waals surface area contributed by atoms with E-state index in [-0.39, 0.29) is 0 Å². The molecule has 2 fully saturated rings. The van der Waals surface area contributed by atoms with Crippen molar-refractivity contribution in [3.63, 3.8) is 0 Å². The molecular formula is C13H26N2. The third-order valence-electron chi connectivity index (χ3n) is 4.30. The highest BCUT2D eigenvalue weighted by Gasteiger charge is 2.33. The lowest BCUT2D eigenvalue weighted by Crippen LogP contribution is -2.47. The van der Waals surface area contributed by atoms with Crippen LogP contribution < -0.4 is 5.32 Å². The van der Waals surface area contributed by atoms with Crippen molar-refractivity contribution in [2.24, 2.45) is 0 Å². The molecule has 0 aromatic rings. The van der Waals surface area contributed by atoms with Gasteiger partial charge >= 0.3 is 0 Å². The van der Waals surface area contributed by atoms with Gasteiger partial charge in [0.25, 0.3) is 0 Å². The highest BCUT2D eigenvalue weighted by molar-refractivity contribution is 4.93. The number of nitrogens with one attached hydrogen (secondary N) is 1. The first kappa shape index (κ1) is 11.4. The van der Waals surface area contributed by atoms with Gasteiger partial charge in [-0.15, -0.1) is 0 Å². The second kappa shape index (κ2) is 4.84. The molecular weight excluding hydrogens is 184 g/mol. The van der Waals surface area contributed by atoms with Gasteiger partial charge in [0, 0.05) is 11.6 Å². The van der Waals surface area contributed by atoms with Gasteiger partial charge in [-0.05, 0) is 58.7 Å². The Hall–Kier alpha value is -0.0800. The molecule has 0 aromatic carbocycles. The van der Waals surface area contributed by atoms with Crippen molar-refractivity contribution < 1.29 is 0 Å². The first-order valence-corrected chi connectivity index (χ1v) is 6.72. The minimum atomic E-state index is 0.440. The summed E-state index contributed by atoms with van der Waals surface area (Å²) in [6.45, 7) is 8.53. The molecule has 88 valence electrons. The summed E-state index contributed by atoms with van der Waals surface area (Å²) in [5.74, 6) is 0. The monoisotopic (exact) mass is 210 g/mol. The summed E-state index contributed by atoms with van der Waals surface area (Å²) in [5.41, 5.74) is 0.440. The van der Waals surface area contributed by atoms with Crippen LogP contribution in [0.3, 0.4) is 0 Å². The third-order valence-corrected chi connectivity index (χ3v) is 4.30. The molecule has 2 saturated heterocycles. The Kier molecular flexibility index (Phi) is 3.68. The number of piperidine rings is 1. The van der Waals surface area contributed by atoms with Crippen molar-refractivity contribution in [2.75, 3.05) is 19.6 Å². The van der Waals surface area contributed by atoms with Crippen molar-refractivity contribution in [3.05, 3.63) is 0 Å². The van der Waals surface area contributed by atoms with Crippen molar-refractivity contribution >= 4 is 0 Å². The molecule has 1 N–H and O–H groups in total. The zero-order chi connectivity index (χ0) is 10.7. The maximum absolute atomic E-state index is 3.70. The standard InChI is InChI=1S/C13H26N2/c1-3-15-10-5-4-7-12(15)11-13(2)8-6-9-14-13/h12,14H,3-11H2,1-2H3. The minimum absolute atomic E-state index is 0.440. The second-order valence-corrected chi connectivity index (χ2v) is 5.57. The maximum atomic E-state index is 3.70. The SMILES string of the molecule is CCN1CCCCC1CC1(C)CCCN1. The molecule has 0 radical (unpaired) electrons. The summed E-state index contributed by atoms with van der Waals surface area (Å²) >= 11 is 0. The molecule has 0 spiro atoms. The molecule has 2 aliphatic rings.